The largest absolute Gasteiger partial charge is 0.379 e. The smallest absolute Gasteiger partial charge is 0.177 e. The van der Waals surface area contributed by atoms with Gasteiger partial charge >= 0.3 is 0 Å². The minimum atomic E-state index is -3.19. The van der Waals surface area contributed by atoms with Crippen LogP contribution in [-0.4, -0.2) is 32.9 Å². The number of benzene rings is 1. The van der Waals surface area contributed by atoms with E-state index in [1.807, 2.05) is 12.1 Å². The van der Waals surface area contributed by atoms with Gasteiger partial charge < -0.3 is 10.1 Å². The molecular formula is C13H17NO3S. The molecule has 2 saturated heterocycles. The molecule has 2 fully saturated rings. The zero-order valence-corrected chi connectivity index (χ0v) is 11.1. The lowest BCUT2D eigenvalue weighted by atomic mass is 9.95. The molecule has 3 unspecified atom stereocenters. The number of anilines is 1. The molecule has 2 bridgehead atoms. The molecule has 2 heterocycles. The molecule has 2 aliphatic heterocycles. The van der Waals surface area contributed by atoms with Gasteiger partial charge in [-0.1, -0.05) is 12.1 Å². The Hall–Kier alpha value is -1.07. The summed E-state index contributed by atoms with van der Waals surface area (Å²) in [5.74, 6) is 0. The average Bonchev–Trinajstić information content (AvgIpc) is 2.90. The first-order chi connectivity index (χ1) is 8.54. The van der Waals surface area contributed by atoms with Crippen molar-refractivity contribution in [2.24, 2.45) is 0 Å². The van der Waals surface area contributed by atoms with Crippen molar-refractivity contribution in [3.05, 3.63) is 24.3 Å². The highest BCUT2D eigenvalue weighted by atomic mass is 32.2. The van der Waals surface area contributed by atoms with Crippen molar-refractivity contribution in [2.45, 2.75) is 42.4 Å². The van der Waals surface area contributed by atoms with Crippen LogP contribution in [0.4, 0.5) is 5.69 Å². The SMILES string of the molecule is CS(=O)(=O)c1ccccc1NC1CC2CCC1O2. The molecule has 0 aromatic heterocycles. The summed E-state index contributed by atoms with van der Waals surface area (Å²) in [4.78, 5) is 0.368. The Labute approximate surface area is 107 Å². The van der Waals surface area contributed by atoms with Crippen LogP contribution in [0.3, 0.4) is 0 Å². The molecule has 0 amide bonds. The summed E-state index contributed by atoms with van der Waals surface area (Å²) in [6.45, 7) is 0. The number of fused-ring (bicyclic) bond motifs is 2. The predicted octanol–water partition coefficient (Wildman–Crippen LogP) is 1.82. The molecular weight excluding hydrogens is 250 g/mol. The summed E-state index contributed by atoms with van der Waals surface area (Å²) in [6, 6.07) is 7.31. The van der Waals surface area contributed by atoms with Crippen LogP contribution < -0.4 is 5.32 Å². The molecule has 0 spiro atoms. The van der Waals surface area contributed by atoms with Crippen molar-refractivity contribution in [2.75, 3.05) is 11.6 Å². The monoisotopic (exact) mass is 267 g/mol. The fourth-order valence-electron chi connectivity index (χ4n) is 2.90. The van der Waals surface area contributed by atoms with E-state index in [-0.39, 0.29) is 12.1 Å². The molecule has 3 atom stereocenters. The van der Waals surface area contributed by atoms with Crippen LogP contribution in [0.25, 0.3) is 0 Å². The van der Waals surface area contributed by atoms with Gasteiger partial charge in [-0.25, -0.2) is 8.42 Å². The Morgan fingerprint density at radius 3 is 2.67 bits per heavy atom. The molecule has 2 aliphatic rings. The minimum absolute atomic E-state index is 0.239. The summed E-state index contributed by atoms with van der Waals surface area (Å²) < 4.78 is 29.2. The first-order valence-corrected chi connectivity index (χ1v) is 8.14. The Morgan fingerprint density at radius 2 is 2.06 bits per heavy atom. The van der Waals surface area contributed by atoms with Crippen LogP contribution in [0.5, 0.6) is 0 Å². The summed E-state index contributed by atoms with van der Waals surface area (Å²) >= 11 is 0. The van der Waals surface area contributed by atoms with Gasteiger partial charge in [0.05, 0.1) is 28.8 Å². The molecule has 1 aromatic rings. The molecule has 0 saturated carbocycles. The molecule has 3 rings (SSSR count). The van der Waals surface area contributed by atoms with E-state index < -0.39 is 9.84 Å². The summed E-state index contributed by atoms with van der Waals surface area (Å²) in [5.41, 5.74) is 0.696. The topological polar surface area (TPSA) is 55.4 Å². The van der Waals surface area contributed by atoms with E-state index in [1.54, 1.807) is 12.1 Å². The quantitative estimate of drug-likeness (QED) is 0.907. The molecule has 18 heavy (non-hydrogen) atoms. The predicted molar refractivity (Wildman–Crippen MR) is 69.5 cm³/mol. The minimum Gasteiger partial charge on any atom is -0.379 e. The Kier molecular flexibility index (Phi) is 2.83. The molecule has 5 heteroatoms. The van der Waals surface area contributed by atoms with Crippen LogP contribution in [0.2, 0.25) is 0 Å². The van der Waals surface area contributed by atoms with Gasteiger partial charge in [-0.3, -0.25) is 0 Å². The van der Waals surface area contributed by atoms with Crippen molar-refractivity contribution in [1.82, 2.24) is 0 Å². The number of nitrogens with one attached hydrogen (secondary N) is 1. The first-order valence-electron chi connectivity index (χ1n) is 6.25. The highest BCUT2D eigenvalue weighted by Crippen LogP contribution is 2.36. The van der Waals surface area contributed by atoms with Crippen molar-refractivity contribution in [3.8, 4) is 0 Å². The fraction of sp³-hybridized carbons (Fsp3) is 0.538. The van der Waals surface area contributed by atoms with Crippen LogP contribution in [0.15, 0.2) is 29.2 Å². The second-order valence-corrected chi connectivity index (χ2v) is 7.11. The molecule has 0 radical (unpaired) electrons. The maximum absolute atomic E-state index is 11.7. The van der Waals surface area contributed by atoms with Crippen molar-refractivity contribution < 1.29 is 13.2 Å². The summed E-state index contributed by atoms with van der Waals surface area (Å²) in [5, 5.41) is 3.34. The Bertz CT molecular complexity index is 555. The van der Waals surface area contributed by atoms with Crippen molar-refractivity contribution in [3.63, 3.8) is 0 Å². The normalized spacial score (nSPS) is 30.6. The summed E-state index contributed by atoms with van der Waals surface area (Å²) in [6.07, 6.45) is 5.02. The molecule has 1 N–H and O–H groups in total. The van der Waals surface area contributed by atoms with E-state index in [0.717, 1.165) is 19.3 Å². The lowest BCUT2D eigenvalue weighted by molar-refractivity contribution is 0.102. The van der Waals surface area contributed by atoms with E-state index >= 15 is 0 Å². The molecule has 98 valence electrons. The zero-order chi connectivity index (χ0) is 12.8. The van der Waals surface area contributed by atoms with E-state index in [9.17, 15) is 8.42 Å². The van der Waals surface area contributed by atoms with Gasteiger partial charge in [-0.05, 0) is 31.4 Å². The maximum atomic E-state index is 11.7. The van der Waals surface area contributed by atoms with E-state index in [0.29, 0.717) is 16.7 Å². The van der Waals surface area contributed by atoms with Gasteiger partial charge in [-0.15, -0.1) is 0 Å². The van der Waals surface area contributed by atoms with Crippen molar-refractivity contribution in [1.29, 1.82) is 0 Å². The highest BCUT2D eigenvalue weighted by molar-refractivity contribution is 7.90. The van der Waals surface area contributed by atoms with E-state index in [2.05, 4.69) is 5.32 Å². The molecule has 4 nitrogen and oxygen atoms in total. The number of ether oxygens (including phenoxy) is 1. The third kappa shape index (κ3) is 2.12. The number of hydrogen-bond donors (Lipinski definition) is 1. The zero-order valence-electron chi connectivity index (χ0n) is 10.3. The van der Waals surface area contributed by atoms with Crippen LogP contribution in [-0.2, 0) is 14.6 Å². The van der Waals surface area contributed by atoms with Gasteiger partial charge in [0.1, 0.15) is 0 Å². The standard InChI is InChI=1S/C13H17NO3S/c1-18(15,16)13-5-3-2-4-10(13)14-11-8-9-6-7-12(11)17-9/h2-5,9,11-12,14H,6-8H2,1H3. The second-order valence-electron chi connectivity index (χ2n) is 5.13. The van der Waals surface area contributed by atoms with E-state index in [4.69, 9.17) is 4.74 Å². The van der Waals surface area contributed by atoms with Gasteiger partial charge in [0.15, 0.2) is 9.84 Å². The fourth-order valence-corrected chi connectivity index (χ4v) is 3.75. The first kappa shape index (κ1) is 12.0. The van der Waals surface area contributed by atoms with Gasteiger partial charge in [0.2, 0.25) is 0 Å². The van der Waals surface area contributed by atoms with Gasteiger partial charge in [0, 0.05) is 6.26 Å². The lowest BCUT2D eigenvalue weighted by Gasteiger charge is -2.22. The van der Waals surface area contributed by atoms with E-state index in [1.165, 1.54) is 6.26 Å². The molecule has 1 aromatic carbocycles. The summed E-state index contributed by atoms with van der Waals surface area (Å²) in [7, 11) is -3.19. The number of sulfone groups is 1. The van der Waals surface area contributed by atoms with Crippen LogP contribution >= 0.6 is 0 Å². The molecule has 0 aliphatic carbocycles. The highest BCUT2D eigenvalue weighted by Gasteiger charge is 2.40. The second kappa shape index (κ2) is 4.24. The third-order valence-corrected chi connectivity index (χ3v) is 4.89. The number of para-hydroxylation sites is 1. The van der Waals surface area contributed by atoms with Gasteiger partial charge in [-0.2, -0.15) is 0 Å². The number of rotatable bonds is 3. The third-order valence-electron chi connectivity index (χ3n) is 3.73. The van der Waals surface area contributed by atoms with Gasteiger partial charge in [0.25, 0.3) is 0 Å². The maximum Gasteiger partial charge on any atom is 0.177 e. The Balaban J connectivity index is 1.85. The van der Waals surface area contributed by atoms with Crippen LogP contribution in [0, 0.1) is 0 Å². The number of hydrogen-bond acceptors (Lipinski definition) is 4. The average molecular weight is 267 g/mol. The Morgan fingerprint density at radius 1 is 1.28 bits per heavy atom. The van der Waals surface area contributed by atoms with Crippen molar-refractivity contribution >= 4 is 15.5 Å². The van der Waals surface area contributed by atoms with Crippen LogP contribution in [0.1, 0.15) is 19.3 Å². The lowest BCUT2D eigenvalue weighted by Crippen LogP contribution is -2.31.